The number of benzene rings is 1. The zero-order valence-electron chi connectivity index (χ0n) is 11.1. The molecule has 1 aromatic carbocycles. The van der Waals surface area contributed by atoms with Crippen molar-refractivity contribution in [3.63, 3.8) is 0 Å². The number of hydrogen-bond donors (Lipinski definition) is 0. The highest BCUT2D eigenvalue weighted by Crippen LogP contribution is 2.26. The molecular weight excluding hydrogens is 218 g/mol. The molecule has 0 amide bonds. The summed E-state index contributed by atoms with van der Waals surface area (Å²) in [5.41, 5.74) is 2.85. The summed E-state index contributed by atoms with van der Waals surface area (Å²) in [5.74, 6) is 0. The van der Waals surface area contributed by atoms with Crippen LogP contribution in [-0.4, -0.2) is 0 Å². The van der Waals surface area contributed by atoms with Crippen LogP contribution in [0.25, 0.3) is 16.3 Å². The van der Waals surface area contributed by atoms with E-state index in [4.69, 9.17) is 0 Å². The monoisotopic (exact) mass is 236 g/mol. The Hall–Kier alpha value is -1.89. The van der Waals surface area contributed by atoms with E-state index in [-0.39, 0.29) is 5.41 Å². The van der Waals surface area contributed by atoms with Crippen LogP contribution in [-0.2, 0) is 5.41 Å². The Morgan fingerprint density at radius 1 is 0.889 bits per heavy atom. The SMILES string of the molecule is CC(C)(C)c1ccc2c(cc[n+]3ccccc23)c1. The summed E-state index contributed by atoms with van der Waals surface area (Å²) in [7, 11) is 0. The first-order valence-corrected chi connectivity index (χ1v) is 6.39. The lowest BCUT2D eigenvalue weighted by Gasteiger charge is -2.19. The van der Waals surface area contributed by atoms with Crippen molar-refractivity contribution in [2.75, 3.05) is 0 Å². The molecule has 0 aliphatic heterocycles. The molecule has 0 aliphatic carbocycles. The second kappa shape index (κ2) is 3.81. The average Bonchev–Trinajstić information content (AvgIpc) is 2.37. The number of pyridine rings is 2. The zero-order valence-corrected chi connectivity index (χ0v) is 11.1. The number of hydrogen-bond acceptors (Lipinski definition) is 0. The minimum Gasteiger partial charge on any atom is -0.167 e. The maximum absolute atomic E-state index is 2.31. The second-order valence-electron chi connectivity index (χ2n) is 5.86. The standard InChI is InChI=1S/C17H18N/c1-17(2,3)14-7-8-15-13(12-14)9-11-18-10-5-4-6-16(15)18/h4-12H,1-3H3/q+1. The van der Waals surface area contributed by atoms with Gasteiger partial charge in [0, 0.05) is 18.2 Å². The molecule has 0 atom stereocenters. The van der Waals surface area contributed by atoms with Crippen molar-refractivity contribution < 1.29 is 4.40 Å². The van der Waals surface area contributed by atoms with E-state index in [9.17, 15) is 0 Å². The third-order valence-electron chi connectivity index (χ3n) is 3.50. The van der Waals surface area contributed by atoms with E-state index in [0.29, 0.717) is 0 Å². The molecule has 0 saturated carbocycles. The smallest absolute Gasteiger partial charge is 0.167 e. The Morgan fingerprint density at radius 3 is 2.50 bits per heavy atom. The third kappa shape index (κ3) is 1.76. The summed E-state index contributed by atoms with van der Waals surface area (Å²) in [6.45, 7) is 6.76. The van der Waals surface area contributed by atoms with Crippen LogP contribution in [0.5, 0.6) is 0 Å². The van der Waals surface area contributed by atoms with Crippen LogP contribution in [0.1, 0.15) is 26.3 Å². The first-order chi connectivity index (χ1) is 8.55. The summed E-state index contributed by atoms with van der Waals surface area (Å²) >= 11 is 0. The van der Waals surface area contributed by atoms with Crippen molar-refractivity contribution in [3.05, 3.63) is 60.4 Å². The van der Waals surface area contributed by atoms with Gasteiger partial charge >= 0.3 is 0 Å². The van der Waals surface area contributed by atoms with Crippen molar-refractivity contribution in [1.29, 1.82) is 0 Å². The quantitative estimate of drug-likeness (QED) is 0.412. The first-order valence-electron chi connectivity index (χ1n) is 6.39. The largest absolute Gasteiger partial charge is 0.218 e. The minimum absolute atomic E-state index is 0.201. The van der Waals surface area contributed by atoms with Crippen LogP contribution < -0.4 is 4.40 Å². The van der Waals surface area contributed by atoms with Gasteiger partial charge < -0.3 is 0 Å². The van der Waals surface area contributed by atoms with E-state index >= 15 is 0 Å². The van der Waals surface area contributed by atoms with Crippen molar-refractivity contribution in [3.8, 4) is 0 Å². The van der Waals surface area contributed by atoms with Gasteiger partial charge in [-0.05, 0) is 28.5 Å². The fraction of sp³-hybridized carbons (Fsp3) is 0.235. The Balaban J connectivity index is 2.35. The van der Waals surface area contributed by atoms with E-state index in [1.165, 1.54) is 21.9 Å². The van der Waals surface area contributed by atoms with Gasteiger partial charge in [0.25, 0.3) is 0 Å². The van der Waals surface area contributed by atoms with Gasteiger partial charge in [0.15, 0.2) is 12.4 Å². The van der Waals surface area contributed by atoms with Crippen molar-refractivity contribution in [2.24, 2.45) is 0 Å². The molecule has 0 fully saturated rings. The zero-order chi connectivity index (χ0) is 12.8. The minimum atomic E-state index is 0.201. The Morgan fingerprint density at radius 2 is 1.72 bits per heavy atom. The Labute approximate surface area is 108 Å². The van der Waals surface area contributed by atoms with Gasteiger partial charge in [-0.15, -0.1) is 0 Å². The lowest BCUT2D eigenvalue weighted by Crippen LogP contribution is -2.20. The highest BCUT2D eigenvalue weighted by Gasteiger charge is 2.15. The summed E-state index contributed by atoms with van der Waals surface area (Å²) in [6.07, 6.45) is 4.22. The maximum Gasteiger partial charge on any atom is 0.218 e. The van der Waals surface area contributed by atoms with E-state index in [2.05, 4.69) is 80.0 Å². The molecule has 90 valence electrons. The lowest BCUT2D eigenvalue weighted by atomic mass is 9.86. The van der Waals surface area contributed by atoms with Gasteiger partial charge in [-0.1, -0.05) is 32.9 Å². The van der Waals surface area contributed by atoms with Crippen LogP contribution in [0.15, 0.2) is 54.9 Å². The molecule has 3 aromatic rings. The highest BCUT2D eigenvalue weighted by atomic mass is 14.8. The molecule has 1 heteroatoms. The van der Waals surface area contributed by atoms with Crippen LogP contribution in [0.4, 0.5) is 0 Å². The molecule has 0 aliphatic rings. The van der Waals surface area contributed by atoms with Gasteiger partial charge in [-0.3, -0.25) is 0 Å². The third-order valence-corrected chi connectivity index (χ3v) is 3.50. The van der Waals surface area contributed by atoms with Gasteiger partial charge in [0.05, 0.1) is 5.39 Å². The van der Waals surface area contributed by atoms with Gasteiger partial charge in [0.1, 0.15) is 0 Å². The maximum atomic E-state index is 2.31. The fourth-order valence-corrected chi connectivity index (χ4v) is 2.38. The van der Waals surface area contributed by atoms with Crippen LogP contribution in [0, 0.1) is 0 Å². The number of aromatic nitrogens is 1. The van der Waals surface area contributed by atoms with E-state index in [0.717, 1.165) is 0 Å². The second-order valence-corrected chi connectivity index (χ2v) is 5.86. The first kappa shape index (κ1) is 11.2. The number of fused-ring (bicyclic) bond motifs is 3. The molecule has 2 aromatic heterocycles. The molecule has 0 unspecified atom stereocenters. The molecule has 0 radical (unpaired) electrons. The molecule has 3 rings (SSSR count). The van der Waals surface area contributed by atoms with Crippen LogP contribution >= 0.6 is 0 Å². The topological polar surface area (TPSA) is 4.10 Å². The molecule has 0 spiro atoms. The molecule has 1 nitrogen and oxygen atoms in total. The number of nitrogens with zero attached hydrogens (tertiary/aromatic N) is 1. The van der Waals surface area contributed by atoms with E-state index < -0.39 is 0 Å². The van der Waals surface area contributed by atoms with Crippen molar-refractivity contribution in [2.45, 2.75) is 26.2 Å². The summed E-state index contributed by atoms with van der Waals surface area (Å²) in [4.78, 5) is 0. The van der Waals surface area contributed by atoms with Gasteiger partial charge in [-0.25, -0.2) is 0 Å². The predicted molar refractivity (Wildman–Crippen MR) is 75.8 cm³/mol. The van der Waals surface area contributed by atoms with E-state index in [1.807, 2.05) is 0 Å². The predicted octanol–water partition coefficient (Wildman–Crippen LogP) is 3.88. The van der Waals surface area contributed by atoms with Crippen LogP contribution in [0.3, 0.4) is 0 Å². The molecule has 18 heavy (non-hydrogen) atoms. The van der Waals surface area contributed by atoms with E-state index in [1.54, 1.807) is 0 Å². The number of rotatable bonds is 0. The summed E-state index contributed by atoms with van der Waals surface area (Å²) in [6, 6.07) is 15.3. The summed E-state index contributed by atoms with van der Waals surface area (Å²) < 4.78 is 2.17. The van der Waals surface area contributed by atoms with Crippen LogP contribution in [0.2, 0.25) is 0 Å². The van der Waals surface area contributed by atoms with Crippen molar-refractivity contribution >= 4 is 16.3 Å². The van der Waals surface area contributed by atoms with Gasteiger partial charge in [-0.2, -0.15) is 4.40 Å². The Kier molecular flexibility index (Phi) is 2.37. The molecule has 0 bridgehead atoms. The normalized spacial score (nSPS) is 12.2. The Bertz CT molecular complexity index is 720. The fourth-order valence-electron chi connectivity index (χ4n) is 2.38. The summed E-state index contributed by atoms with van der Waals surface area (Å²) in [5, 5.41) is 2.62. The average molecular weight is 236 g/mol. The molecule has 2 heterocycles. The molecule has 0 N–H and O–H groups in total. The molecule has 0 saturated heterocycles. The molecular formula is C17H18N+. The van der Waals surface area contributed by atoms with Gasteiger partial charge in [0.2, 0.25) is 5.52 Å². The lowest BCUT2D eigenvalue weighted by molar-refractivity contribution is -0.510. The van der Waals surface area contributed by atoms with Crippen molar-refractivity contribution in [1.82, 2.24) is 0 Å². The highest BCUT2D eigenvalue weighted by molar-refractivity contribution is 5.93.